The zero-order valence-electron chi connectivity index (χ0n) is 16.1. The Morgan fingerprint density at radius 3 is 2.40 bits per heavy atom. The van der Waals surface area contributed by atoms with E-state index in [0.717, 1.165) is 31.7 Å². The molecule has 25 heavy (non-hydrogen) atoms. The number of hydrogen-bond acceptors (Lipinski definition) is 3. The van der Waals surface area contributed by atoms with Crippen molar-refractivity contribution in [1.29, 1.82) is 0 Å². The fraction of sp³-hybridized carbons (Fsp3) is 0.579. The van der Waals surface area contributed by atoms with Crippen molar-refractivity contribution in [2.45, 2.75) is 32.6 Å². The maximum atomic E-state index is 11.7. The van der Waals surface area contributed by atoms with E-state index in [9.17, 15) is 4.79 Å². The second kappa shape index (κ2) is 11.3. The SMILES string of the molecule is CCCNC(=NCC(=O)N(C)C)NCCC(C)c1ccc(OC)cc1. The van der Waals surface area contributed by atoms with Crippen molar-refractivity contribution >= 4 is 11.9 Å². The third kappa shape index (κ3) is 7.92. The number of carbonyl (C=O) groups excluding carboxylic acids is 1. The number of rotatable bonds is 9. The van der Waals surface area contributed by atoms with Crippen molar-refractivity contribution in [2.75, 3.05) is 40.8 Å². The van der Waals surface area contributed by atoms with Gasteiger partial charge in [-0.25, -0.2) is 4.99 Å². The summed E-state index contributed by atoms with van der Waals surface area (Å²) in [6, 6.07) is 8.18. The van der Waals surface area contributed by atoms with Gasteiger partial charge >= 0.3 is 0 Å². The fourth-order valence-electron chi connectivity index (χ4n) is 2.21. The lowest BCUT2D eigenvalue weighted by Crippen LogP contribution is -2.39. The normalized spacial score (nSPS) is 12.4. The molecule has 0 saturated heterocycles. The first-order valence-corrected chi connectivity index (χ1v) is 8.84. The van der Waals surface area contributed by atoms with E-state index in [4.69, 9.17) is 4.74 Å². The van der Waals surface area contributed by atoms with Gasteiger partial charge in [0.25, 0.3) is 0 Å². The number of carbonyl (C=O) groups is 1. The van der Waals surface area contributed by atoms with Crippen LogP contribution in [0.1, 0.15) is 38.2 Å². The van der Waals surface area contributed by atoms with Gasteiger partial charge in [0, 0.05) is 27.2 Å². The molecule has 2 N–H and O–H groups in total. The molecular formula is C19H32N4O2. The van der Waals surface area contributed by atoms with Crippen LogP contribution < -0.4 is 15.4 Å². The molecule has 0 bridgehead atoms. The molecule has 1 atom stereocenters. The van der Waals surface area contributed by atoms with Crippen LogP contribution in [0.25, 0.3) is 0 Å². The Morgan fingerprint density at radius 2 is 1.84 bits per heavy atom. The summed E-state index contributed by atoms with van der Waals surface area (Å²) in [6.07, 6.45) is 1.98. The summed E-state index contributed by atoms with van der Waals surface area (Å²) in [6.45, 7) is 6.08. The van der Waals surface area contributed by atoms with Crippen LogP contribution in [0.5, 0.6) is 5.75 Å². The van der Waals surface area contributed by atoms with Crippen LogP contribution in [-0.4, -0.2) is 57.6 Å². The summed E-state index contributed by atoms with van der Waals surface area (Å²) in [5.74, 6) is 1.98. The van der Waals surface area contributed by atoms with Gasteiger partial charge in [-0.1, -0.05) is 26.0 Å². The highest BCUT2D eigenvalue weighted by molar-refractivity contribution is 5.84. The first kappa shape index (κ1) is 20.8. The second-order valence-corrected chi connectivity index (χ2v) is 6.27. The van der Waals surface area contributed by atoms with Gasteiger partial charge in [0.05, 0.1) is 7.11 Å². The molecule has 1 aromatic carbocycles. The maximum Gasteiger partial charge on any atom is 0.243 e. The smallest absolute Gasteiger partial charge is 0.243 e. The summed E-state index contributed by atoms with van der Waals surface area (Å²) in [4.78, 5) is 17.6. The average Bonchev–Trinajstić information content (AvgIpc) is 2.62. The molecule has 0 fully saturated rings. The van der Waals surface area contributed by atoms with Crippen LogP contribution in [-0.2, 0) is 4.79 Å². The van der Waals surface area contributed by atoms with Gasteiger partial charge in [0.1, 0.15) is 12.3 Å². The molecule has 0 radical (unpaired) electrons. The topological polar surface area (TPSA) is 66.0 Å². The number of methoxy groups -OCH3 is 1. The van der Waals surface area contributed by atoms with Crippen LogP contribution in [0.15, 0.2) is 29.3 Å². The number of likely N-dealkylation sites (N-methyl/N-ethyl adjacent to an activating group) is 1. The monoisotopic (exact) mass is 348 g/mol. The molecule has 0 aliphatic heterocycles. The minimum absolute atomic E-state index is 0.0100. The zero-order chi connectivity index (χ0) is 18.7. The summed E-state index contributed by atoms with van der Waals surface area (Å²) >= 11 is 0. The molecule has 1 unspecified atom stereocenters. The van der Waals surface area contributed by atoms with Crippen molar-refractivity contribution in [3.05, 3.63) is 29.8 Å². The van der Waals surface area contributed by atoms with Gasteiger partial charge in [-0.2, -0.15) is 0 Å². The van der Waals surface area contributed by atoms with E-state index in [2.05, 4.69) is 41.6 Å². The largest absolute Gasteiger partial charge is 0.497 e. The number of nitrogens with one attached hydrogen (secondary N) is 2. The highest BCUT2D eigenvalue weighted by Crippen LogP contribution is 2.21. The van der Waals surface area contributed by atoms with Gasteiger partial charge in [-0.3, -0.25) is 4.79 Å². The van der Waals surface area contributed by atoms with E-state index in [1.54, 1.807) is 26.1 Å². The van der Waals surface area contributed by atoms with Gasteiger partial charge < -0.3 is 20.3 Å². The highest BCUT2D eigenvalue weighted by Gasteiger charge is 2.07. The molecule has 0 heterocycles. The van der Waals surface area contributed by atoms with Gasteiger partial charge in [0.2, 0.25) is 5.91 Å². The van der Waals surface area contributed by atoms with Crippen molar-refractivity contribution in [2.24, 2.45) is 4.99 Å². The van der Waals surface area contributed by atoms with Gasteiger partial charge in [-0.05, 0) is 36.5 Å². The Hall–Kier alpha value is -2.24. The summed E-state index contributed by atoms with van der Waals surface area (Å²) in [5, 5.41) is 6.56. The molecule has 1 rings (SSSR count). The molecular weight excluding hydrogens is 316 g/mol. The Bertz CT molecular complexity index is 541. The van der Waals surface area contributed by atoms with Crippen LogP contribution >= 0.6 is 0 Å². The molecule has 140 valence electrons. The van der Waals surface area contributed by atoms with E-state index in [1.807, 2.05) is 12.1 Å². The number of benzene rings is 1. The molecule has 1 amide bonds. The van der Waals surface area contributed by atoms with Gasteiger partial charge in [0.15, 0.2) is 5.96 Å². The lowest BCUT2D eigenvalue weighted by atomic mass is 9.98. The molecule has 0 spiro atoms. The van der Waals surface area contributed by atoms with E-state index in [0.29, 0.717) is 11.9 Å². The molecule has 1 aromatic rings. The van der Waals surface area contributed by atoms with Crippen LogP contribution in [0.3, 0.4) is 0 Å². The summed E-state index contributed by atoms with van der Waals surface area (Å²) < 4.78 is 5.19. The number of aliphatic imine (C=N–C) groups is 1. The van der Waals surface area contributed by atoms with E-state index in [-0.39, 0.29) is 12.5 Å². The second-order valence-electron chi connectivity index (χ2n) is 6.27. The van der Waals surface area contributed by atoms with Crippen LogP contribution in [0.2, 0.25) is 0 Å². The zero-order valence-corrected chi connectivity index (χ0v) is 16.1. The van der Waals surface area contributed by atoms with E-state index in [1.165, 1.54) is 5.56 Å². The van der Waals surface area contributed by atoms with Crippen molar-refractivity contribution in [1.82, 2.24) is 15.5 Å². The standard InChI is InChI=1S/C19H32N4O2/c1-6-12-20-19(22-14-18(24)23(3)4)21-13-11-15(2)16-7-9-17(25-5)10-8-16/h7-10,15H,6,11-14H2,1-5H3,(H2,20,21,22). The van der Waals surface area contributed by atoms with E-state index < -0.39 is 0 Å². The molecule has 0 aromatic heterocycles. The van der Waals surface area contributed by atoms with E-state index >= 15 is 0 Å². The van der Waals surface area contributed by atoms with Crippen molar-refractivity contribution in [3.8, 4) is 5.75 Å². The number of amides is 1. The minimum Gasteiger partial charge on any atom is -0.497 e. The average molecular weight is 348 g/mol. The lowest BCUT2D eigenvalue weighted by molar-refractivity contribution is -0.127. The first-order valence-electron chi connectivity index (χ1n) is 8.84. The molecule has 0 aliphatic carbocycles. The predicted octanol–water partition coefficient (Wildman–Crippen LogP) is 2.22. The molecule has 0 aliphatic rings. The Labute approximate surface area is 151 Å². The molecule has 6 heteroatoms. The molecule has 6 nitrogen and oxygen atoms in total. The lowest BCUT2D eigenvalue weighted by Gasteiger charge is -2.16. The molecule has 0 saturated carbocycles. The quantitative estimate of drug-likeness (QED) is 0.530. The van der Waals surface area contributed by atoms with Gasteiger partial charge in [-0.15, -0.1) is 0 Å². The van der Waals surface area contributed by atoms with Crippen molar-refractivity contribution in [3.63, 3.8) is 0 Å². The van der Waals surface area contributed by atoms with Crippen LogP contribution in [0.4, 0.5) is 0 Å². The number of hydrogen-bond donors (Lipinski definition) is 2. The van der Waals surface area contributed by atoms with Crippen molar-refractivity contribution < 1.29 is 9.53 Å². The Kier molecular flexibility index (Phi) is 9.43. The Balaban J connectivity index is 2.51. The Morgan fingerprint density at radius 1 is 1.20 bits per heavy atom. The third-order valence-electron chi connectivity index (χ3n) is 3.97. The number of guanidine groups is 1. The summed E-state index contributed by atoms with van der Waals surface area (Å²) in [7, 11) is 5.15. The first-order chi connectivity index (χ1) is 12.0. The predicted molar refractivity (Wildman–Crippen MR) is 103 cm³/mol. The summed E-state index contributed by atoms with van der Waals surface area (Å²) in [5.41, 5.74) is 1.28. The minimum atomic E-state index is -0.0100. The third-order valence-corrected chi connectivity index (χ3v) is 3.97. The maximum absolute atomic E-state index is 11.7. The highest BCUT2D eigenvalue weighted by atomic mass is 16.5. The number of nitrogens with zero attached hydrogens (tertiary/aromatic N) is 2. The fourth-order valence-corrected chi connectivity index (χ4v) is 2.21. The number of ether oxygens (including phenoxy) is 1. The van der Waals surface area contributed by atoms with Crippen LogP contribution in [0, 0.1) is 0 Å².